The number of amidine groups is 1. The van der Waals surface area contributed by atoms with E-state index in [1.807, 2.05) is 30.3 Å². The molecule has 1 heterocycles. The van der Waals surface area contributed by atoms with Crippen LogP contribution in [0.15, 0.2) is 41.7 Å². The van der Waals surface area contributed by atoms with Crippen LogP contribution in [-0.2, 0) is 24.9 Å². The van der Waals surface area contributed by atoms with Gasteiger partial charge in [-0.15, -0.1) is 0 Å². The first-order valence-electron chi connectivity index (χ1n) is 5.57. The van der Waals surface area contributed by atoms with Gasteiger partial charge in [0, 0.05) is 13.5 Å². The molecule has 0 fully saturated rings. The zero-order chi connectivity index (χ0) is 12.8. The molecule has 2 rings (SSSR count). The number of aromatic nitrogens is 3. The summed E-state index contributed by atoms with van der Waals surface area (Å²) >= 11 is 0. The molecule has 0 aliphatic carbocycles. The van der Waals surface area contributed by atoms with Crippen LogP contribution in [0.4, 0.5) is 0 Å². The third-order valence-corrected chi connectivity index (χ3v) is 2.27. The maximum absolute atomic E-state index is 5.76. The molecule has 0 aliphatic rings. The minimum atomic E-state index is 0.267. The molecule has 6 nitrogen and oxygen atoms in total. The predicted octanol–water partition coefficient (Wildman–Crippen LogP) is 0.847. The maximum Gasteiger partial charge on any atom is 0.162 e. The molecular formula is C12H15N5O. The lowest BCUT2D eigenvalue weighted by molar-refractivity contribution is 0.126. The van der Waals surface area contributed by atoms with Crippen LogP contribution in [0.25, 0.3) is 0 Å². The number of nitrogens with zero attached hydrogens (tertiary/aromatic N) is 4. The number of nitrogens with two attached hydrogens (primary N) is 1. The second kappa shape index (κ2) is 5.81. The topological polar surface area (TPSA) is 78.3 Å². The molecule has 0 spiro atoms. The molecule has 2 aromatic rings. The van der Waals surface area contributed by atoms with Crippen molar-refractivity contribution in [3.05, 3.63) is 47.8 Å². The second-order valence-corrected chi connectivity index (χ2v) is 3.84. The fourth-order valence-electron chi connectivity index (χ4n) is 1.47. The zero-order valence-electron chi connectivity index (χ0n) is 10.2. The Morgan fingerprint density at radius 1 is 1.39 bits per heavy atom. The van der Waals surface area contributed by atoms with Crippen molar-refractivity contribution in [2.24, 2.45) is 17.9 Å². The highest BCUT2D eigenvalue weighted by Crippen LogP contribution is 2.00. The summed E-state index contributed by atoms with van der Waals surface area (Å²) in [7, 11) is 1.75. The van der Waals surface area contributed by atoms with Crippen molar-refractivity contribution in [1.29, 1.82) is 0 Å². The van der Waals surface area contributed by atoms with Crippen LogP contribution in [0, 0.1) is 0 Å². The molecule has 0 saturated heterocycles. The van der Waals surface area contributed by atoms with Crippen LogP contribution in [0.5, 0.6) is 0 Å². The minimum absolute atomic E-state index is 0.267. The van der Waals surface area contributed by atoms with E-state index < -0.39 is 0 Å². The number of aryl methyl sites for hydroxylation is 1. The first kappa shape index (κ1) is 12.1. The van der Waals surface area contributed by atoms with E-state index in [-0.39, 0.29) is 6.61 Å². The number of oxime groups is 1. The molecule has 0 aliphatic heterocycles. The Kier molecular flexibility index (Phi) is 3.90. The number of benzene rings is 1. The van der Waals surface area contributed by atoms with E-state index in [0.717, 1.165) is 5.56 Å². The van der Waals surface area contributed by atoms with E-state index >= 15 is 0 Å². The SMILES string of the molecule is Cn1ncc(CON=C(N)Cc2ccccc2)n1. The molecule has 0 saturated carbocycles. The molecule has 0 amide bonds. The van der Waals surface area contributed by atoms with E-state index in [0.29, 0.717) is 18.0 Å². The van der Waals surface area contributed by atoms with E-state index in [1.165, 1.54) is 4.80 Å². The van der Waals surface area contributed by atoms with Gasteiger partial charge in [0.1, 0.15) is 11.5 Å². The summed E-state index contributed by atoms with van der Waals surface area (Å²) < 4.78 is 0. The number of hydrogen-bond donors (Lipinski definition) is 1. The van der Waals surface area contributed by atoms with E-state index in [9.17, 15) is 0 Å². The van der Waals surface area contributed by atoms with Crippen LogP contribution in [0.2, 0.25) is 0 Å². The highest BCUT2D eigenvalue weighted by Gasteiger charge is 1.99. The van der Waals surface area contributed by atoms with Crippen LogP contribution in [0.3, 0.4) is 0 Å². The first-order valence-corrected chi connectivity index (χ1v) is 5.57. The average molecular weight is 245 g/mol. The van der Waals surface area contributed by atoms with Crippen LogP contribution in [-0.4, -0.2) is 20.8 Å². The van der Waals surface area contributed by atoms with Crippen molar-refractivity contribution in [3.63, 3.8) is 0 Å². The standard InChI is InChI=1S/C12H15N5O/c1-17-14-8-11(15-17)9-18-16-12(13)7-10-5-3-2-4-6-10/h2-6,8H,7,9H2,1H3,(H2,13,16). The van der Waals surface area contributed by atoms with Crippen molar-refractivity contribution in [2.75, 3.05) is 0 Å². The monoisotopic (exact) mass is 245 g/mol. The highest BCUT2D eigenvalue weighted by atomic mass is 16.6. The Hall–Kier alpha value is -2.37. The van der Waals surface area contributed by atoms with E-state index in [4.69, 9.17) is 10.6 Å². The summed E-state index contributed by atoms with van der Waals surface area (Å²) in [6, 6.07) is 9.86. The van der Waals surface area contributed by atoms with Gasteiger partial charge in [-0.05, 0) is 5.56 Å². The fourth-order valence-corrected chi connectivity index (χ4v) is 1.47. The lowest BCUT2D eigenvalue weighted by Crippen LogP contribution is -2.15. The normalized spacial score (nSPS) is 11.5. The third kappa shape index (κ3) is 3.58. The third-order valence-electron chi connectivity index (χ3n) is 2.27. The van der Waals surface area contributed by atoms with Gasteiger partial charge in [0.15, 0.2) is 6.61 Å². The van der Waals surface area contributed by atoms with E-state index in [2.05, 4.69) is 15.4 Å². The van der Waals surface area contributed by atoms with Gasteiger partial charge in [0.25, 0.3) is 0 Å². The van der Waals surface area contributed by atoms with Crippen molar-refractivity contribution in [3.8, 4) is 0 Å². The van der Waals surface area contributed by atoms with Gasteiger partial charge in [-0.2, -0.15) is 15.0 Å². The van der Waals surface area contributed by atoms with Crippen LogP contribution >= 0.6 is 0 Å². The molecule has 18 heavy (non-hydrogen) atoms. The Morgan fingerprint density at radius 3 is 2.83 bits per heavy atom. The summed E-state index contributed by atoms with van der Waals surface area (Å²) in [6.07, 6.45) is 2.20. The summed E-state index contributed by atoms with van der Waals surface area (Å²) in [4.78, 5) is 6.58. The Bertz CT molecular complexity index is 520. The summed E-state index contributed by atoms with van der Waals surface area (Å²) in [6.45, 7) is 0.267. The molecule has 1 aromatic carbocycles. The Morgan fingerprint density at radius 2 is 2.17 bits per heavy atom. The summed E-state index contributed by atoms with van der Waals surface area (Å²) in [5, 5.41) is 11.8. The van der Waals surface area contributed by atoms with Crippen molar-refractivity contribution >= 4 is 5.84 Å². The van der Waals surface area contributed by atoms with Gasteiger partial charge in [-0.25, -0.2) is 0 Å². The van der Waals surface area contributed by atoms with Crippen molar-refractivity contribution in [1.82, 2.24) is 15.0 Å². The molecule has 0 radical (unpaired) electrons. The van der Waals surface area contributed by atoms with E-state index in [1.54, 1.807) is 13.2 Å². The molecule has 1 aromatic heterocycles. The largest absolute Gasteiger partial charge is 0.388 e. The van der Waals surface area contributed by atoms with Gasteiger partial charge < -0.3 is 10.6 Å². The van der Waals surface area contributed by atoms with Gasteiger partial charge in [-0.1, -0.05) is 35.5 Å². The Balaban J connectivity index is 1.82. The van der Waals surface area contributed by atoms with Gasteiger partial charge in [0.05, 0.1) is 6.20 Å². The predicted molar refractivity (Wildman–Crippen MR) is 67.6 cm³/mol. The lowest BCUT2D eigenvalue weighted by atomic mass is 10.1. The molecule has 0 unspecified atom stereocenters. The Labute approximate surface area is 105 Å². The molecule has 6 heteroatoms. The number of rotatable bonds is 5. The van der Waals surface area contributed by atoms with Gasteiger partial charge in [-0.3, -0.25) is 0 Å². The molecule has 2 N–H and O–H groups in total. The quantitative estimate of drug-likeness (QED) is 0.481. The average Bonchev–Trinajstić information content (AvgIpc) is 2.76. The summed E-state index contributed by atoms with van der Waals surface area (Å²) in [5.41, 5.74) is 7.57. The molecule has 0 bridgehead atoms. The molecular weight excluding hydrogens is 230 g/mol. The van der Waals surface area contributed by atoms with Crippen LogP contribution in [0.1, 0.15) is 11.3 Å². The van der Waals surface area contributed by atoms with Gasteiger partial charge in [0.2, 0.25) is 0 Å². The maximum atomic E-state index is 5.76. The zero-order valence-corrected chi connectivity index (χ0v) is 10.2. The highest BCUT2D eigenvalue weighted by molar-refractivity contribution is 5.82. The molecule has 94 valence electrons. The second-order valence-electron chi connectivity index (χ2n) is 3.84. The van der Waals surface area contributed by atoms with Crippen molar-refractivity contribution in [2.45, 2.75) is 13.0 Å². The molecule has 0 atom stereocenters. The van der Waals surface area contributed by atoms with Crippen molar-refractivity contribution < 1.29 is 4.84 Å². The minimum Gasteiger partial charge on any atom is -0.388 e. The fraction of sp³-hybridized carbons (Fsp3) is 0.250. The van der Waals surface area contributed by atoms with Crippen LogP contribution < -0.4 is 5.73 Å². The smallest absolute Gasteiger partial charge is 0.162 e. The number of hydrogen-bond acceptors (Lipinski definition) is 4. The lowest BCUT2D eigenvalue weighted by Gasteiger charge is -2.01. The first-order chi connectivity index (χ1) is 8.74. The van der Waals surface area contributed by atoms with Gasteiger partial charge >= 0.3 is 0 Å². The summed E-state index contributed by atoms with van der Waals surface area (Å²) in [5.74, 6) is 0.435.